The molecule has 3 aromatic rings. The van der Waals surface area contributed by atoms with Crippen LogP contribution in [0.1, 0.15) is 49.7 Å². The minimum Gasteiger partial charge on any atom is -0.467 e. The molecule has 30 heavy (non-hydrogen) atoms. The average molecular weight is 419 g/mol. The van der Waals surface area contributed by atoms with Gasteiger partial charge in [0.05, 0.1) is 0 Å². The normalized spacial score (nSPS) is 29.6. The monoisotopic (exact) mass is 418 g/mol. The van der Waals surface area contributed by atoms with E-state index in [1.54, 1.807) is 7.11 Å². The second kappa shape index (κ2) is 7.10. The van der Waals surface area contributed by atoms with Crippen molar-refractivity contribution in [1.29, 1.82) is 0 Å². The van der Waals surface area contributed by atoms with Gasteiger partial charge in [-0.15, -0.1) is 11.3 Å². The van der Waals surface area contributed by atoms with E-state index in [2.05, 4.69) is 49.4 Å². The highest BCUT2D eigenvalue weighted by Gasteiger charge is 2.52. The lowest BCUT2D eigenvalue weighted by molar-refractivity contribution is -0.00877. The number of rotatable bonds is 5. The highest BCUT2D eigenvalue weighted by atomic mass is 32.1. The number of hydrogen-bond acceptors (Lipinski definition) is 3. The van der Waals surface area contributed by atoms with Gasteiger partial charge >= 0.3 is 0 Å². The van der Waals surface area contributed by atoms with Gasteiger partial charge in [0.25, 0.3) is 0 Å². The maximum Gasteiger partial charge on any atom is 0.188 e. The summed E-state index contributed by atoms with van der Waals surface area (Å²) in [7, 11) is 1.72. The van der Waals surface area contributed by atoms with Crippen molar-refractivity contribution in [2.75, 3.05) is 13.9 Å². The van der Waals surface area contributed by atoms with E-state index in [0.29, 0.717) is 12.2 Å². The van der Waals surface area contributed by atoms with Crippen molar-refractivity contribution in [1.82, 2.24) is 0 Å². The topological polar surface area (TPSA) is 18.5 Å². The minimum absolute atomic E-state index is 0.301. The molecule has 0 aliphatic heterocycles. The fourth-order valence-corrected chi connectivity index (χ4v) is 8.25. The van der Waals surface area contributed by atoms with E-state index in [0.717, 1.165) is 23.5 Å². The highest BCUT2D eigenvalue weighted by molar-refractivity contribution is 7.22. The molecule has 0 atom stereocenters. The summed E-state index contributed by atoms with van der Waals surface area (Å²) in [5.74, 6) is 3.83. The van der Waals surface area contributed by atoms with Gasteiger partial charge in [0.15, 0.2) is 6.79 Å². The molecule has 0 saturated heterocycles. The number of hydrogen-bond donors (Lipinski definition) is 0. The second-order valence-corrected chi connectivity index (χ2v) is 11.2. The molecule has 4 saturated carbocycles. The molecule has 2 aromatic carbocycles. The zero-order valence-corrected chi connectivity index (χ0v) is 18.8. The van der Waals surface area contributed by atoms with E-state index >= 15 is 0 Å². The van der Waals surface area contributed by atoms with Crippen molar-refractivity contribution < 1.29 is 9.47 Å². The Balaban J connectivity index is 1.53. The van der Waals surface area contributed by atoms with Crippen LogP contribution in [-0.2, 0) is 10.2 Å². The van der Waals surface area contributed by atoms with Crippen LogP contribution in [0.5, 0.6) is 5.75 Å². The van der Waals surface area contributed by atoms with E-state index in [1.807, 2.05) is 11.3 Å². The van der Waals surface area contributed by atoms with Crippen LogP contribution in [0, 0.1) is 24.7 Å². The smallest absolute Gasteiger partial charge is 0.188 e. The summed E-state index contributed by atoms with van der Waals surface area (Å²) in [4.78, 5) is 1.30. The Labute approximate surface area is 183 Å². The summed E-state index contributed by atoms with van der Waals surface area (Å²) < 4.78 is 13.1. The molecule has 0 unspecified atom stereocenters. The third kappa shape index (κ3) is 3.01. The molecule has 4 bridgehead atoms. The van der Waals surface area contributed by atoms with Gasteiger partial charge in [-0.2, -0.15) is 0 Å². The van der Waals surface area contributed by atoms with Crippen LogP contribution in [0.15, 0.2) is 42.5 Å². The Morgan fingerprint density at radius 2 is 1.67 bits per heavy atom. The lowest BCUT2D eigenvalue weighted by Gasteiger charge is -2.57. The summed E-state index contributed by atoms with van der Waals surface area (Å²) >= 11 is 1.87. The summed E-state index contributed by atoms with van der Waals surface area (Å²) in [6.07, 6.45) is 8.42. The molecular weight excluding hydrogens is 388 g/mol. The first-order valence-electron chi connectivity index (χ1n) is 11.4. The van der Waals surface area contributed by atoms with Gasteiger partial charge in [0, 0.05) is 27.8 Å². The van der Waals surface area contributed by atoms with Crippen LogP contribution in [0.2, 0.25) is 0 Å². The van der Waals surface area contributed by atoms with Crippen LogP contribution in [0.4, 0.5) is 0 Å². The number of fused-ring (bicyclic) bond motifs is 1. The van der Waals surface area contributed by atoms with Gasteiger partial charge in [-0.25, -0.2) is 0 Å². The molecule has 7 rings (SSSR count). The van der Waals surface area contributed by atoms with E-state index in [1.165, 1.54) is 70.2 Å². The first-order chi connectivity index (χ1) is 14.6. The van der Waals surface area contributed by atoms with Crippen molar-refractivity contribution in [2.45, 2.75) is 50.9 Å². The molecule has 0 radical (unpaired) electrons. The van der Waals surface area contributed by atoms with Gasteiger partial charge in [-0.3, -0.25) is 0 Å². The number of aryl methyl sites for hydroxylation is 1. The summed E-state index contributed by atoms with van der Waals surface area (Å²) in [5.41, 5.74) is 4.36. The molecule has 156 valence electrons. The number of thiophene rings is 1. The Kier molecular flexibility index (Phi) is 4.47. The van der Waals surface area contributed by atoms with E-state index in [9.17, 15) is 0 Å². The first kappa shape index (κ1) is 18.9. The molecule has 2 nitrogen and oxygen atoms in total. The number of benzene rings is 2. The van der Waals surface area contributed by atoms with Crippen LogP contribution in [-0.4, -0.2) is 13.9 Å². The lowest BCUT2D eigenvalue weighted by atomic mass is 9.48. The van der Waals surface area contributed by atoms with Crippen LogP contribution in [0.25, 0.3) is 20.5 Å². The minimum atomic E-state index is 0.301. The van der Waals surface area contributed by atoms with Crippen molar-refractivity contribution in [2.24, 2.45) is 17.8 Å². The molecular formula is C27H30O2S. The van der Waals surface area contributed by atoms with Gasteiger partial charge < -0.3 is 9.47 Å². The highest BCUT2D eigenvalue weighted by Crippen LogP contribution is 2.62. The van der Waals surface area contributed by atoms with E-state index in [-0.39, 0.29) is 0 Å². The average Bonchev–Trinajstić information content (AvgIpc) is 3.15. The second-order valence-electron chi connectivity index (χ2n) is 10.1. The SMILES string of the molecule is COCOc1c(-c2cc3ccccc3s2)cc(C)cc1C12CC3CC(CC(C3)C1)C2. The van der Waals surface area contributed by atoms with Crippen LogP contribution in [0.3, 0.4) is 0 Å². The lowest BCUT2D eigenvalue weighted by Crippen LogP contribution is -2.48. The molecule has 1 heterocycles. The van der Waals surface area contributed by atoms with E-state index < -0.39 is 0 Å². The van der Waals surface area contributed by atoms with Gasteiger partial charge in [-0.05, 0) is 97.8 Å². The quantitative estimate of drug-likeness (QED) is 0.404. The Morgan fingerprint density at radius 3 is 2.33 bits per heavy atom. The summed E-state index contributed by atoms with van der Waals surface area (Å²) in [5, 5.41) is 1.31. The molecule has 1 aromatic heterocycles. The van der Waals surface area contributed by atoms with Gasteiger partial charge in [0.1, 0.15) is 5.75 Å². The van der Waals surface area contributed by atoms with Crippen LogP contribution < -0.4 is 4.74 Å². The Hall–Kier alpha value is -1.84. The van der Waals surface area contributed by atoms with Gasteiger partial charge in [0.2, 0.25) is 0 Å². The largest absolute Gasteiger partial charge is 0.467 e. The Morgan fingerprint density at radius 1 is 0.967 bits per heavy atom. The van der Waals surface area contributed by atoms with Crippen molar-refractivity contribution in [3.63, 3.8) is 0 Å². The van der Waals surface area contributed by atoms with Crippen molar-refractivity contribution >= 4 is 21.4 Å². The van der Waals surface area contributed by atoms with Gasteiger partial charge in [-0.1, -0.05) is 24.3 Å². The van der Waals surface area contributed by atoms with E-state index in [4.69, 9.17) is 9.47 Å². The van der Waals surface area contributed by atoms with Crippen molar-refractivity contribution in [3.05, 3.63) is 53.6 Å². The molecule has 4 aliphatic rings. The standard InChI is InChI=1S/C27H30O2S/c1-17-7-22(25-12-21-5-3-4-6-24(21)30-25)26(29-16-28-2)23(8-17)27-13-18-9-19(14-27)11-20(10-18)15-27/h3-8,12,18-20H,9-11,13-16H2,1-2H3. The fraction of sp³-hybridized carbons (Fsp3) is 0.481. The number of ether oxygens (including phenoxy) is 2. The Bertz CT molecular complexity index is 1030. The van der Waals surface area contributed by atoms with Crippen molar-refractivity contribution in [3.8, 4) is 16.2 Å². The molecule has 0 amide bonds. The predicted octanol–water partition coefficient (Wildman–Crippen LogP) is 7.33. The summed E-state index contributed by atoms with van der Waals surface area (Å²) in [6.45, 7) is 2.56. The molecule has 3 heteroatoms. The fourth-order valence-electron chi connectivity index (χ4n) is 7.18. The summed E-state index contributed by atoms with van der Waals surface area (Å²) in [6, 6.07) is 15.8. The molecule has 0 N–H and O–H groups in total. The predicted molar refractivity (Wildman–Crippen MR) is 124 cm³/mol. The van der Waals surface area contributed by atoms with Crippen LogP contribution >= 0.6 is 11.3 Å². The molecule has 4 fully saturated rings. The third-order valence-electron chi connectivity index (χ3n) is 7.85. The maximum atomic E-state index is 6.40. The zero-order valence-electron chi connectivity index (χ0n) is 17.9. The first-order valence-corrected chi connectivity index (χ1v) is 12.2. The number of methoxy groups -OCH3 is 1. The zero-order chi connectivity index (χ0) is 20.3. The third-order valence-corrected chi connectivity index (χ3v) is 9.00. The maximum absolute atomic E-state index is 6.40. The molecule has 4 aliphatic carbocycles. The molecule has 0 spiro atoms.